The molecule has 3 nitrogen and oxygen atoms in total. The van der Waals surface area contributed by atoms with E-state index in [9.17, 15) is 5.11 Å². The van der Waals surface area contributed by atoms with E-state index in [-0.39, 0.29) is 17.4 Å². The van der Waals surface area contributed by atoms with Crippen molar-refractivity contribution in [3.05, 3.63) is 30.1 Å². The summed E-state index contributed by atoms with van der Waals surface area (Å²) >= 11 is 0. The Balaban J connectivity index is 2.40. The molecule has 1 atom stereocenters. The van der Waals surface area contributed by atoms with E-state index in [2.05, 4.69) is 24.1 Å². The fourth-order valence-corrected chi connectivity index (χ4v) is 2.04. The molecule has 0 bridgehead atoms. The van der Waals surface area contributed by atoms with Crippen LogP contribution in [0.2, 0.25) is 0 Å². The van der Waals surface area contributed by atoms with E-state index in [0.717, 1.165) is 13.1 Å². The smallest absolute Gasteiger partial charge is 0.0626 e. The maximum atomic E-state index is 10.1. The van der Waals surface area contributed by atoms with Crippen LogP contribution in [0.4, 0.5) is 0 Å². The SMILES string of the molecule is CC(C)C(O)C(C)(C)CNCc1cccnc1. The number of rotatable bonds is 6. The zero-order chi connectivity index (χ0) is 12.9. The summed E-state index contributed by atoms with van der Waals surface area (Å²) in [6.45, 7) is 9.87. The number of aliphatic hydroxyl groups excluding tert-OH is 1. The maximum Gasteiger partial charge on any atom is 0.0626 e. The molecule has 0 saturated carbocycles. The van der Waals surface area contributed by atoms with Crippen LogP contribution in [0.25, 0.3) is 0 Å². The highest BCUT2D eigenvalue weighted by Gasteiger charge is 2.29. The third kappa shape index (κ3) is 4.44. The highest BCUT2D eigenvalue weighted by Crippen LogP contribution is 2.25. The molecule has 0 aliphatic heterocycles. The molecular weight excluding hydrogens is 212 g/mol. The van der Waals surface area contributed by atoms with E-state index in [0.29, 0.717) is 0 Å². The van der Waals surface area contributed by atoms with Crippen molar-refractivity contribution in [3.63, 3.8) is 0 Å². The average molecular weight is 236 g/mol. The van der Waals surface area contributed by atoms with Gasteiger partial charge in [-0.2, -0.15) is 0 Å². The topological polar surface area (TPSA) is 45.1 Å². The lowest BCUT2D eigenvalue weighted by molar-refractivity contribution is 0.0134. The highest BCUT2D eigenvalue weighted by molar-refractivity contribution is 5.07. The van der Waals surface area contributed by atoms with Gasteiger partial charge in [-0.25, -0.2) is 0 Å². The van der Waals surface area contributed by atoms with Crippen LogP contribution in [0.1, 0.15) is 33.3 Å². The van der Waals surface area contributed by atoms with Gasteiger partial charge in [-0.05, 0) is 17.5 Å². The molecule has 0 aliphatic carbocycles. The van der Waals surface area contributed by atoms with Crippen molar-refractivity contribution in [1.82, 2.24) is 10.3 Å². The van der Waals surface area contributed by atoms with Crippen LogP contribution in [-0.4, -0.2) is 22.7 Å². The third-order valence-corrected chi connectivity index (χ3v) is 3.06. The van der Waals surface area contributed by atoms with Gasteiger partial charge < -0.3 is 10.4 Å². The van der Waals surface area contributed by atoms with Crippen molar-refractivity contribution >= 4 is 0 Å². The first-order valence-corrected chi connectivity index (χ1v) is 6.21. The molecule has 0 spiro atoms. The molecule has 0 aliphatic rings. The van der Waals surface area contributed by atoms with Crippen molar-refractivity contribution in [2.45, 2.75) is 40.3 Å². The molecule has 1 aromatic rings. The van der Waals surface area contributed by atoms with Crippen molar-refractivity contribution in [2.24, 2.45) is 11.3 Å². The van der Waals surface area contributed by atoms with E-state index >= 15 is 0 Å². The summed E-state index contributed by atoms with van der Waals surface area (Å²) in [5.41, 5.74) is 1.05. The molecule has 0 amide bonds. The summed E-state index contributed by atoms with van der Waals surface area (Å²) in [4.78, 5) is 4.07. The van der Waals surface area contributed by atoms with Crippen LogP contribution in [0.5, 0.6) is 0 Å². The number of hydrogen-bond acceptors (Lipinski definition) is 3. The predicted octanol–water partition coefficient (Wildman–Crippen LogP) is 2.21. The highest BCUT2D eigenvalue weighted by atomic mass is 16.3. The zero-order valence-electron chi connectivity index (χ0n) is 11.3. The van der Waals surface area contributed by atoms with E-state index in [1.165, 1.54) is 5.56 Å². The second-order valence-corrected chi connectivity index (χ2v) is 5.64. The predicted molar refractivity (Wildman–Crippen MR) is 70.6 cm³/mol. The Morgan fingerprint density at radius 1 is 1.41 bits per heavy atom. The molecular formula is C14H24N2O. The van der Waals surface area contributed by atoms with Crippen molar-refractivity contribution in [2.75, 3.05) is 6.54 Å². The quantitative estimate of drug-likeness (QED) is 0.796. The van der Waals surface area contributed by atoms with Gasteiger partial charge in [-0.3, -0.25) is 4.98 Å². The molecule has 1 rings (SSSR count). The Bertz CT molecular complexity index is 322. The van der Waals surface area contributed by atoms with Gasteiger partial charge in [-0.15, -0.1) is 0 Å². The number of nitrogens with zero attached hydrogens (tertiary/aromatic N) is 1. The van der Waals surface area contributed by atoms with E-state index in [4.69, 9.17) is 0 Å². The van der Waals surface area contributed by atoms with Crippen molar-refractivity contribution < 1.29 is 5.11 Å². The summed E-state index contributed by atoms with van der Waals surface area (Å²) in [6.07, 6.45) is 3.35. The lowest BCUT2D eigenvalue weighted by Crippen LogP contribution is -2.41. The number of aliphatic hydroxyl groups is 1. The second kappa shape index (κ2) is 6.12. The standard InChI is InChI=1S/C14H24N2O/c1-11(2)13(17)14(3,4)10-16-9-12-6-5-7-15-8-12/h5-8,11,13,16-17H,9-10H2,1-4H3. The van der Waals surface area contributed by atoms with Crippen LogP contribution in [0.3, 0.4) is 0 Å². The zero-order valence-corrected chi connectivity index (χ0v) is 11.3. The molecule has 0 fully saturated rings. The van der Waals surface area contributed by atoms with Gasteiger partial charge in [0, 0.05) is 30.9 Å². The number of aromatic nitrogens is 1. The molecule has 0 saturated heterocycles. The lowest BCUT2D eigenvalue weighted by atomic mass is 9.80. The average Bonchev–Trinajstić information content (AvgIpc) is 2.29. The third-order valence-electron chi connectivity index (χ3n) is 3.06. The number of nitrogens with one attached hydrogen (secondary N) is 1. The van der Waals surface area contributed by atoms with Crippen LogP contribution in [0.15, 0.2) is 24.5 Å². The molecule has 1 aromatic heterocycles. The van der Waals surface area contributed by atoms with Gasteiger partial charge in [0.1, 0.15) is 0 Å². The molecule has 2 N–H and O–H groups in total. The van der Waals surface area contributed by atoms with Crippen molar-refractivity contribution in [3.8, 4) is 0 Å². The molecule has 1 heterocycles. The first-order valence-electron chi connectivity index (χ1n) is 6.21. The van der Waals surface area contributed by atoms with Crippen LogP contribution in [-0.2, 0) is 6.54 Å². The number of pyridine rings is 1. The first kappa shape index (κ1) is 14.1. The summed E-state index contributed by atoms with van der Waals surface area (Å²) in [5.74, 6) is 0.283. The minimum atomic E-state index is -0.288. The Morgan fingerprint density at radius 2 is 2.12 bits per heavy atom. The van der Waals surface area contributed by atoms with Crippen LogP contribution < -0.4 is 5.32 Å². The number of hydrogen-bond donors (Lipinski definition) is 2. The Labute approximate surface area is 104 Å². The van der Waals surface area contributed by atoms with E-state index in [1.54, 1.807) is 6.20 Å². The minimum Gasteiger partial charge on any atom is -0.392 e. The summed E-state index contributed by atoms with van der Waals surface area (Å²) in [5, 5.41) is 13.5. The van der Waals surface area contributed by atoms with Crippen molar-refractivity contribution in [1.29, 1.82) is 0 Å². The normalized spacial score (nSPS) is 14.0. The Hall–Kier alpha value is -0.930. The Morgan fingerprint density at radius 3 is 2.65 bits per heavy atom. The van der Waals surface area contributed by atoms with Gasteiger partial charge in [0.2, 0.25) is 0 Å². The minimum absolute atomic E-state index is 0.115. The molecule has 96 valence electrons. The van der Waals surface area contributed by atoms with Gasteiger partial charge in [0.15, 0.2) is 0 Å². The lowest BCUT2D eigenvalue weighted by Gasteiger charge is -2.33. The second-order valence-electron chi connectivity index (χ2n) is 5.64. The summed E-state index contributed by atoms with van der Waals surface area (Å²) in [6, 6.07) is 3.98. The van der Waals surface area contributed by atoms with Crippen LogP contribution >= 0.6 is 0 Å². The molecule has 1 unspecified atom stereocenters. The van der Waals surface area contributed by atoms with Gasteiger partial charge in [-0.1, -0.05) is 33.8 Å². The molecule has 3 heteroatoms. The van der Waals surface area contributed by atoms with E-state index in [1.807, 2.05) is 32.2 Å². The van der Waals surface area contributed by atoms with Gasteiger partial charge in [0.25, 0.3) is 0 Å². The van der Waals surface area contributed by atoms with Crippen LogP contribution in [0, 0.1) is 11.3 Å². The fourth-order valence-electron chi connectivity index (χ4n) is 2.04. The molecule has 0 aromatic carbocycles. The van der Waals surface area contributed by atoms with E-state index < -0.39 is 0 Å². The van der Waals surface area contributed by atoms with Gasteiger partial charge >= 0.3 is 0 Å². The van der Waals surface area contributed by atoms with Gasteiger partial charge in [0.05, 0.1) is 6.10 Å². The first-order chi connectivity index (χ1) is 7.93. The summed E-state index contributed by atoms with van der Waals surface area (Å²) < 4.78 is 0. The fraction of sp³-hybridized carbons (Fsp3) is 0.643. The maximum absolute atomic E-state index is 10.1. The largest absolute Gasteiger partial charge is 0.392 e. The molecule has 0 radical (unpaired) electrons. The monoisotopic (exact) mass is 236 g/mol. The summed E-state index contributed by atoms with van der Waals surface area (Å²) in [7, 11) is 0. The Kier molecular flexibility index (Phi) is 5.09. The molecule has 17 heavy (non-hydrogen) atoms.